The minimum absolute atomic E-state index is 0.316. The summed E-state index contributed by atoms with van der Waals surface area (Å²) < 4.78 is 32.4. The van der Waals surface area contributed by atoms with Crippen LogP contribution in [-0.2, 0) is 14.8 Å². The van der Waals surface area contributed by atoms with Crippen molar-refractivity contribution < 1.29 is 17.9 Å². The van der Waals surface area contributed by atoms with Crippen LogP contribution in [0.1, 0.15) is 6.92 Å². The summed E-state index contributed by atoms with van der Waals surface area (Å²) in [6.45, 7) is 1.52. The smallest absolute Gasteiger partial charge is 0.249 e. The van der Waals surface area contributed by atoms with Crippen LogP contribution in [0.25, 0.3) is 0 Å². The molecule has 0 bridgehead atoms. The van der Waals surface area contributed by atoms with Crippen LogP contribution in [0.3, 0.4) is 0 Å². The first-order valence-corrected chi connectivity index (χ1v) is 12.7. The molecule has 1 amide bonds. The maximum Gasteiger partial charge on any atom is 0.249 e. The van der Waals surface area contributed by atoms with Gasteiger partial charge in [-0.05, 0) is 49.6 Å². The van der Waals surface area contributed by atoms with Crippen LogP contribution in [0.15, 0.2) is 58.9 Å². The minimum Gasteiger partial charge on any atom is -0.457 e. The molecule has 0 radical (unpaired) electrons. The van der Waals surface area contributed by atoms with Crippen molar-refractivity contribution in [1.82, 2.24) is 10.2 Å². The highest BCUT2D eigenvalue weighted by atomic mass is 32.2. The molecule has 1 unspecified atom stereocenters. The van der Waals surface area contributed by atoms with E-state index < -0.39 is 22.0 Å². The number of sulfonamides is 1. The van der Waals surface area contributed by atoms with Crippen LogP contribution in [0.2, 0.25) is 0 Å². The van der Waals surface area contributed by atoms with Crippen molar-refractivity contribution in [3.63, 3.8) is 0 Å². The first-order valence-electron chi connectivity index (χ1n) is 8.78. The number of rotatable bonds is 8. The quantitative estimate of drug-likeness (QED) is 0.399. The van der Waals surface area contributed by atoms with E-state index in [1.807, 2.05) is 36.6 Å². The number of amides is 1. The summed E-state index contributed by atoms with van der Waals surface area (Å²) in [7, 11) is -3.73. The summed E-state index contributed by atoms with van der Waals surface area (Å²) in [6.07, 6.45) is 2.91. The number of carbonyl (C=O) groups excluding carboxylic acids is 1. The van der Waals surface area contributed by atoms with E-state index in [9.17, 15) is 13.2 Å². The third kappa shape index (κ3) is 5.49. The van der Waals surface area contributed by atoms with E-state index in [0.717, 1.165) is 10.6 Å². The Labute approximate surface area is 183 Å². The van der Waals surface area contributed by atoms with Crippen molar-refractivity contribution in [1.29, 1.82) is 0 Å². The second kappa shape index (κ2) is 9.45. The van der Waals surface area contributed by atoms with Crippen molar-refractivity contribution in [2.45, 2.75) is 17.3 Å². The average Bonchev–Trinajstić information content (AvgIpc) is 3.16. The fraction of sp³-hybridized carbons (Fsp3) is 0.211. The number of hydrogen-bond donors (Lipinski definition) is 1. The predicted molar refractivity (Wildman–Crippen MR) is 120 cm³/mol. The summed E-state index contributed by atoms with van der Waals surface area (Å²) in [4.78, 5) is 12.7. The molecular weight excluding hydrogens is 444 g/mol. The number of aromatic nitrogens is 2. The van der Waals surface area contributed by atoms with E-state index >= 15 is 0 Å². The van der Waals surface area contributed by atoms with Gasteiger partial charge in [0.15, 0.2) is 4.34 Å². The standard InChI is InChI=1S/C19H20N4O4S3/c1-13(17(24)20-18-21-22-19(28-2)29-18)23(30(3,25)26)14-9-11-16(12-10-14)27-15-7-5-4-6-8-15/h4-13H,1-3H3,(H,20,21,24). The molecule has 0 fully saturated rings. The summed E-state index contributed by atoms with van der Waals surface area (Å²) in [5.74, 6) is 0.711. The average molecular weight is 465 g/mol. The van der Waals surface area contributed by atoms with Gasteiger partial charge in [0.25, 0.3) is 0 Å². The Morgan fingerprint density at radius 1 is 1.10 bits per heavy atom. The van der Waals surface area contributed by atoms with Crippen LogP contribution < -0.4 is 14.4 Å². The Morgan fingerprint density at radius 2 is 1.73 bits per heavy atom. The zero-order chi connectivity index (χ0) is 21.7. The lowest BCUT2D eigenvalue weighted by Gasteiger charge is -2.28. The molecular formula is C19H20N4O4S3. The highest BCUT2D eigenvalue weighted by Gasteiger charge is 2.29. The second-order valence-electron chi connectivity index (χ2n) is 6.21. The van der Waals surface area contributed by atoms with Gasteiger partial charge >= 0.3 is 0 Å². The summed E-state index contributed by atoms with van der Waals surface area (Å²) in [5.41, 5.74) is 0.350. The number of hydrogen-bond acceptors (Lipinski definition) is 8. The van der Waals surface area contributed by atoms with E-state index in [1.165, 1.54) is 30.0 Å². The molecule has 3 aromatic rings. The number of benzene rings is 2. The molecule has 0 aliphatic rings. The topological polar surface area (TPSA) is 101 Å². The van der Waals surface area contributed by atoms with Gasteiger partial charge in [0.05, 0.1) is 11.9 Å². The van der Waals surface area contributed by atoms with Crippen molar-refractivity contribution in [2.24, 2.45) is 0 Å². The molecule has 1 N–H and O–H groups in total. The van der Waals surface area contributed by atoms with Crippen LogP contribution in [0.5, 0.6) is 11.5 Å². The van der Waals surface area contributed by atoms with Crippen LogP contribution in [0.4, 0.5) is 10.8 Å². The molecule has 0 spiro atoms. The molecule has 8 nitrogen and oxygen atoms in total. The van der Waals surface area contributed by atoms with E-state index in [4.69, 9.17) is 4.74 Å². The van der Waals surface area contributed by atoms with Gasteiger partial charge in [-0.2, -0.15) is 0 Å². The Hall–Kier alpha value is -2.63. The molecule has 1 aromatic heterocycles. The Bertz CT molecular complexity index is 1100. The Balaban J connectivity index is 1.78. The molecule has 1 atom stereocenters. The largest absolute Gasteiger partial charge is 0.457 e. The second-order valence-corrected chi connectivity index (χ2v) is 10.1. The number of thioether (sulfide) groups is 1. The fourth-order valence-electron chi connectivity index (χ4n) is 2.65. The molecule has 158 valence electrons. The lowest BCUT2D eigenvalue weighted by molar-refractivity contribution is -0.116. The number of carbonyl (C=O) groups is 1. The van der Waals surface area contributed by atoms with Gasteiger partial charge in [0, 0.05) is 0 Å². The molecule has 0 aliphatic carbocycles. The van der Waals surface area contributed by atoms with Crippen LogP contribution >= 0.6 is 23.1 Å². The SMILES string of the molecule is CSc1nnc(NC(=O)C(C)N(c2ccc(Oc3ccccc3)cc2)S(C)(=O)=O)s1. The molecule has 0 saturated carbocycles. The zero-order valence-electron chi connectivity index (χ0n) is 16.5. The third-order valence-corrected chi connectivity index (χ3v) is 7.03. The van der Waals surface area contributed by atoms with E-state index in [2.05, 4.69) is 15.5 Å². The molecule has 0 saturated heterocycles. The van der Waals surface area contributed by atoms with Gasteiger partial charge in [0.2, 0.25) is 21.1 Å². The fourth-order valence-corrected chi connectivity index (χ4v) is 4.99. The van der Waals surface area contributed by atoms with Gasteiger partial charge in [0.1, 0.15) is 17.5 Å². The maximum absolute atomic E-state index is 12.7. The lowest BCUT2D eigenvalue weighted by Crippen LogP contribution is -2.45. The third-order valence-electron chi connectivity index (χ3n) is 3.97. The predicted octanol–water partition coefficient (Wildman–Crippen LogP) is 3.85. The number of anilines is 2. The van der Waals surface area contributed by atoms with Crippen molar-refractivity contribution in [3.8, 4) is 11.5 Å². The monoisotopic (exact) mass is 464 g/mol. The van der Waals surface area contributed by atoms with Gasteiger partial charge in [-0.15, -0.1) is 10.2 Å². The van der Waals surface area contributed by atoms with Crippen LogP contribution in [-0.4, -0.2) is 43.1 Å². The van der Waals surface area contributed by atoms with Crippen molar-refractivity contribution in [2.75, 3.05) is 22.1 Å². The van der Waals surface area contributed by atoms with Gasteiger partial charge in [-0.25, -0.2) is 8.42 Å². The Kier molecular flexibility index (Phi) is 6.95. The first kappa shape index (κ1) is 22.1. The van der Waals surface area contributed by atoms with Gasteiger partial charge < -0.3 is 4.74 Å². The highest BCUT2D eigenvalue weighted by molar-refractivity contribution is 8.00. The molecule has 11 heteroatoms. The molecule has 2 aromatic carbocycles. The van der Waals surface area contributed by atoms with E-state index in [0.29, 0.717) is 26.7 Å². The molecule has 3 rings (SSSR count). The number of nitrogens with one attached hydrogen (secondary N) is 1. The molecule has 1 heterocycles. The first-order chi connectivity index (χ1) is 14.3. The van der Waals surface area contributed by atoms with E-state index in [-0.39, 0.29) is 0 Å². The summed E-state index contributed by atoms with van der Waals surface area (Å²) in [5, 5.41) is 10.7. The van der Waals surface area contributed by atoms with Crippen molar-refractivity contribution in [3.05, 3.63) is 54.6 Å². The summed E-state index contributed by atoms with van der Waals surface area (Å²) >= 11 is 2.63. The molecule has 0 aliphatic heterocycles. The van der Waals surface area contributed by atoms with Gasteiger partial charge in [-0.1, -0.05) is 41.3 Å². The molecule has 30 heavy (non-hydrogen) atoms. The maximum atomic E-state index is 12.7. The Morgan fingerprint density at radius 3 is 2.30 bits per heavy atom. The van der Waals surface area contributed by atoms with Gasteiger partial charge in [-0.3, -0.25) is 14.4 Å². The van der Waals surface area contributed by atoms with E-state index in [1.54, 1.807) is 24.3 Å². The number of para-hydroxylation sites is 1. The number of ether oxygens (including phenoxy) is 1. The van der Waals surface area contributed by atoms with Crippen molar-refractivity contribution >= 4 is 49.8 Å². The summed E-state index contributed by atoms with van der Waals surface area (Å²) in [6, 6.07) is 14.7. The normalized spacial score (nSPS) is 12.2. The minimum atomic E-state index is -3.73. The highest BCUT2D eigenvalue weighted by Crippen LogP contribution is 2.28. The zero-order valence-corrected chi connectivity index (χ0v) is 18.9. The van der Waals surface area contributed by atoms with Crippen LogP contribution in [0, 0.1) is 0 Å². The number of nitrogens with zero attached hydrogens (tertiary/aromatic N) is 3. The lowest BCUT2D eigenvalue weighted by atomic mass is 10.2.